The van der Waals surface area contributed by atoms with Crippen LogP contribution in [-0.2, 0) is 17.8 Å². The standard InChI is InChI=1S/C23H30N2O2/c1-24(2)17-19-6-11-20(12-7-19)22-5-3-4-16-25(22)23(27)15-10-18-8-13-21(26)14-9-18/h6-9,11-14,22,26H,3-5,10,15-17H2,1-2H3/t22-/m0/s1. The summed E-state index contributed by atoms with van der Waals surface area (Å²) in [7, 11) is 4.15. The third kappa shape index (κ3) is 5.33. The van der Waals surface area contributed by atoms with Crippen LogP contribution in [0.25, 0.3) is 0 Å². The largest absolute Gasteiger partial charge is 0.508 e. The van der Waals surface area contributed by atoms with Crippen molar-refractivity contribution in [3.05, 3.63) is 65.2 Å². The highest BCUT2D eigenvalue weighted by Crippen LogP contribution is 2.32. The summed E-state index contributed by atoms with van der Waals surface area (Å²) in [5.41, 5.74) is 3.63. The number of carbonyl (C=O) groups is 1. The van der Waals surface area contributed by atoms with Crippen LogP contribution >= 0.6 is 0 Å². The minimum absolute atomic E-state index is 0.194. The number of carbonyl (C=O) groups excluding carboxylic acids is 1. The lowest BCUT2D eigenvalue weighted by Crippen LogP contribution is -2.38. The molecular formula is C23H30N2O2. The molecule has 0 aliphatic carbocycles. The molecule has 1 N–H and O–H groups in total. The van der Waals surface area contributed by atoms with Crippen LogP contribution in [0.4, 0.5) is 0 Å². The predicted octanol–water partition coefficient (Wildman–Crippen LogP) is 4.14. The van der Waals surface area contributed by atoms with Crippen LogP contribution in [0.1, 0.15) is 48.4 Å². The van der Waals surface area contributed by atoms with E-state index in [1.807, 2.05) is 12.1 Å². The summed E-state index contributed by atoms with van der Waals surface area (Å²) in [6.45, 7) is 1.78. The summed E-state index contributed by atoms with van der Waals surface area (Å²) in [5, 5.41) is 9.39. The zero-order valence-corrected chi connectivity index (χ0v) is 16.4. The van der Waals surface area contributed by atoms with Gasteiger partial charge in [-0.1, -0.05) is 36.4 Å². The van der Waals surface area contributed by atoms with Gasteiger partial charge in [-0.3, -0.25) is 4.79 Å². The molecule has 3 rings (SSSR count). The first kappa shape index (κ1) is 19.4. The number of piperidine rings is 1. The van der Waals surface area contributed by atoms with Gasteiger partial charge >= 0.3 is 0 Å². The first-order valence-electron chi connectivity index (χ1n) is 9.84. The second-order valence-electron chi connectivity index (χ2n) is 7.74. The van der Waals surface area contributed by atoms with E-state index in [9.17, 15) is 9.90 Å². The molecule has 0 radical (unpaired) electrons. The van der Waals surface area contributed by atoms with E-state index in [2.05, 4.69) is 48.2 Å². The summed E-state index contributed by atoms with van der Waals surface area (Å²) >= 11 is 0. The summed E-state index contributed by atoms with van der Waals surface area (Å²) in [6, 6.07) is 16.1. The minimum Gasteiger partial charge on any atom is -0.508 e. The van der Waals surface area contributed by atoms with Crippen molar-refractivity contribution in [3.8, 4) is 5.75 Å². The van der Waals surface area contributed by atoms with Crippen molar-refractivity contribution in [2.24, 2.45) is 0 Å². The van der Waals surface area contributed by atoms with Crippen molar-refractivity contribution < 1.29 is 9.90 Å². The number of phenols is 1. The number of nitrogens with zero attached hydrogens (tertiary/aromatic N) is 2. The van der Waals surface area contributed by atoms with Gasteiger partial charge in [-0.25, -0.2) is 0 Å². The van der Waals surface area contributed by atoms with Crippen molar-refractivity contribution in [2.45, 2.75) is 44.7 Å². The SMILES string of the molecule is CN(C)Cc1ccc([C@@H]2CCCCN2C(=O)CCc2ccc(O)cc2)cc1. The van der Waals surface area contributed by atoms with Crippen LogP contribution < -0.4 is 0 Å². The van der Waals surface area contributed by atoms with Gasteiger partial charge < -0.3 is 14.9 Å². The Bertz CT molecular complexity index is 738. The van der Waals surface area contributed by atoms with Gasteiger partial charge in [0.1, 0.15) is 5.75 Å². The lowest BCUT2D eigenvalue weighted by atomic mass is 9.94. The lowest BCUT2D eigenvalue weighted by Gasteiger charge is -2.36. The van der Waals surface area contributed by atoms with Crippen LogP contribution in [0, 0.1) is 0 Å². The quantitative estimate of drug-likeness (QED) is 0.836. The van der Waals surface area contributed by atoms with Crippen LogP contribution in [0.2, 0.25) is 0 Å². The zero-order chi connectivity index (χ0) is 19.2. The highest BCUT2D eigenvalue weighted by Gasteiger charge is 2.27. The van der Waals surface area contributed by atoms with Crippen molar-refractivity contribution in [3.63, 3.8) is 0 Å². The van der Waals surface area contributed by atoms with E-state index < -0.39 is 0 Å². The number of hydrogen-bond acceptors (Lipinski definition) is 3. The van der Waals surface area contributed by atoms with Gasteiger partial charge in [-0.05, 0) is 68.6 Å². The number of hydrogen-bond donors (Lipinski definition) is 1. The fraction of sp³-hybridized carbons (Fsp3) is 0.435. The number of aromatic hydroxyl groups is 1. The van der Waals surface area contributed by atoms with E-state index in [1.165, 1.54) is 17.5 Å². The average Bonchev–Trinajstić information content (AvgIpc) is 2.67. The third-order valence-corrected chi connectivity index (χ3v) is 5.25. The Morgan fingerprint density at radius 3 is 2.37 bits per heavy atom. The van der Waals surface area contributed by atoms with Gasteiger partial charge in [0, 0.05) is 19.5 Å². The monoisotopic (exact) mass is 366 g/mol. The van der Waals surface area contributed by atoms with Crippen molar-refractivity contribution in [1.82, 2.24) is 9.80 Å². The average molecular weight is 367 g/mol. The number of benzene rings is 2. The smallest absolute Gasteiger partial charge is 0.223 e. The highest BCUT2D eigenvalue weighted by atomic mass is 16.3. The maximum absolute atomic E-state index is 12.9. The highest BCUT2D eigenvalue weighted by molar-refractivity contribution is 5.77. The molecule has 144 valence electrons. The normalized spacial score (nSPS) is 17.3. The van der Waals surface area contributed by atoms with E-state index in [1.54, 1.807) is 12.1 Å². The Morgan fingerprint density at radius 2 is 1.70 bits per heavy atom. The molecule has 27 heavy (non-hydrogen) atoms. The molecule has 0 bridgehead atoms. The number of amides is 1. The Kier molecular flexibility index (Phi) is 6.51. The predicted molar refractivity (Wildman–Crippen MR) is 109 cm³/mol. The number of aryl methyl sites for hydroxylation is 1. The van der Waals surface area contributed by atoms with Crippen LogP contribution in [0.15, 0.2) is 48.5 Å². The first-order chi connectivity index (χ1) is 13.0. The van der Waals surface area contributed by atoms with Crippen LogP contribution in [-0.4, -0.2) is 41.5 Å². The molecule has 4 nitrogen and oxygen atoms in total. The number of likely N-dealkylation sites (tertiary alicyclic amines) is 1. The molecule has 0 spiro atoms. The van der Waals surface area contributed by atoms with E-state index in [0.717, 1.165) is 31.5 Å². The molecule has 0 unspecified atom stereocenters. The molecule has 1 saturated heterocycles. The van der Waals surface area contributed by atoms with Crippen LogP contribution in [0.5, 0.6) is 5.75 Å². The summed E-state index contributed by atoms with van der Waals surface area (Å²) in [6.07, 6.45) is 4.52. The molecule has 1 fully saturated rings. The van der Waals surface area contributed by atoms with Gasteiger partial charge in [-0.2, -0.15) is 0 Å². The first-order valence-corrected chi connectivity index (χ1v) is 9.84. The molecule has 0 saturated carbocycles. The van der Waals surface area contributed by atoms with E-state index in [-0.39, 0.29) is 17.7 Å². The zero-order valence-electron chi connectivity index (χ0n) is 16.4. The molecule has 2 aromatic rings. The van der Waals surface area contributed by atoms with Crippen molar-refractivity contribution >= 4 is 5.91 Å². The fourth-order valence-corrected chi connectivity index (χ4v) is 3.84. The molecule has 0 aromatic heterocycles. The molecule has 1 amide bonds. The summed E-state index contributed by atoms with van der Waals surface area (Å²) in [4.78, 5) is 17.1. The lowest BCUT2D eigenvalue weighted by molar-refractivity contribution is -0.135. The van der Waals surface area contributed by atoms with E-state index in [4.69, 9.17) is 0 Å². The summed E-state index contributed by atoms with van der Waals surface area (Å²) in [5.74, 6) is 0.490. The van der Waals surface area contributed by atoms with Crippen molar-refractivity contribution in [1.29, 1.82) is 0 Å². The minimum atomic E-state index is 0.194. The molecule has 2 aromatic carbocycles. The van der Waals surface area contributed by atoms with E-state index >= 15 is 0 Å². The second kappa shape index (κ2) is 9.05. The molecule has 1 heterocycles. The van der Waals surface area contributed by atoms with Gasteiger partial charge in [0.15, 0.2) is 0 Å². The Balaban J connectivity index is 1.65. The molecule has 4 heteroatoms. The second-order valence-corrected chi connectivity index (χ2v) is 7.74. The molecular weight excluding hydrogens is 336 g/mol. The Labute approximate surface area is 162 Å². The van der Waals surface area contributed by atoms with Crippen LogP contribution in [0.3, 0.4) is 0 Å². The maximum Gasteiger partial charge on any atom is 0.223 e. The number of phenolic OH excluding ortho intramolecular Hbond substituents is 1. The Hall–Kier alpha value is -2.33. The fourth-order valence-electron chi connectivity index (χ4n) is 3.84. The van der Waals surface area contributed by atoms with Crippen molar-refractivity contribution in [2.75, 3.05) is 20.6 Å². The Morgan fingerprint density at radius 1 is 1.04 bits per heavy atom. The van der Waals surface area contributed by atoms with Gasteiger partial charge in [0.25, 0.3) is 0 Å². The maximum atomic E-state index is 12.9. The molecule has 1 aliphatic heterocycles. The number of rotatable bonds is 6. The van der Waals surface area contributed by atoms with E-state index in [0.29, 0.717) is 12.8 Å². The molecule has 1 atom stereocenters. The van der Waals surface area contributed by atoms with Gasteiger partial charge in [0.05, 0.1) is 6.04 Å². The third-order valence-electron chi connectivity index (χ3n) is 5.25. The van der Waals surface area contributed by atoms with Gasteiger partial charge in [0.2, 0.25) is 5.91 Å². The summed E-state index contributed by atoms with van der Waals surface area (Å²) < 4.78 is 0. The van der Waals surface area contributed by atoms with Gasteiger partial charge in [-0.15, -0.1) is 0 Å². The molecule has 1 aliphatic rings. The topological polar surface area (TPSA) is 43.8 Å².